The first-order chi connectivity index (χ1) is 14.3. The summed E-state index contributed by atoms with van der Waals surface area (Å²) in [6.45, 7) is 0. The van der Waals surface area contributed by atoms with Crippen molar-refractivity contribution in [3.05, 3.63) is 64.7 Å². The zero-order chi connectivity index (χ0) is 21.8. The van der Waals surface area contributed by atoms with Crippen LogP contribution in [0.5, 0.6) is 11.5 Å². The number of amides is 1. The molecule has 0 fully saturated rings. The molecule has 30 heavy (non-hydrogen) atoms. The van der Waals surface area contributed by atoms with Gasteiger partial charge in [-0.2, -0.15) is 0 Å². The van der Waals surface area contributed by atoms with Crippen LogP contribution < -0.4 is 20.1 Å². The number of halogens is 1. The third-order valence-electron chi connectivity index (χ3n) is 4.28. The van der Waals surface area contributed by atoms with Crippen molar-refractivity contribution in [2.45, 2.75) is 0 Å². The van der Waals surface area contributed by atoms with E-state index in [0.29, 0.717) is 11.3 Å². The van der Waals surface area contributed by atoms with Gasteiger partial charge in [-0.25, -0.2) is 4.79 Å². The van der Waals surface area contributed by atoms with Gasteiger partial charge in [-0.3, -0.25) is 10.1 Å². The maximum absolute atomic E-state index is 12.8. The Morgan fingerprint density at radius 3 is 2.30 bits per heavy atom. The van der Waals surface area contributed by atoms with Crippen LogP contribution in [0.25, 0.3) is 10.8 Å². The Bertz CT molecular complexity index is 1170. The molecule has 0 atom stereocenters. The number of thiocarbonyl (C=S) groups is 1. The number of ether oxygens (including phenoxy) is 2. The minimum Gasteiger partial charge on any atom is -0.496 e. The van der Waals surface area contributed by atoms with E-state index in [-0.39, 0.29) is 27.1 Å². The molecule has 0 aliphatic carbocycles. The van der Waals surface area contributed by atoms with Gasteiger partial charge in [0, 0.05) is 0 Å². The fraction of sp³-hybridized carbons (Fsp3) is 0.0952. The second kappa shape index (κ2) is 8.98. The number of anilines is 1. The molecule has 0 aliphatic rings. The van der Waals surface area contributed by atoms with E-state index in [9.17, 15) is 14.7 Å². The highest BCUT2D eigenvalue weighted by molar-refractivity contribution is 7.80. The number of nitrogens with one attached hydrogen (secondary N) is 2. The zero-order valence-electron chi connectivity index (χ0n) is 16.0. The van der Waals surface area contributed by atoms with Gasteiger partial charge in [0.25, 0.3) is 5.91 Å². The molecule has 0 bridgehead atoms. The molecule has 0 spiro atoms. The van der Waals surface area contributed by atoms with Crippen molar-refractivity contribution in [2.75, 3.05) is 19.5 Å². The quantitative estimate of drug-likeness (QED) is 0.504. The standard InChI is InChI=1S/C21H17ClN2O5S/c1-28-17-10-12-6-4-3-5-11(12)7-14(17)19(25)24-21(30)23-16-9-13(20(26)27)8-15(22)18(16)29-2/h3-10H,1-2H3,(H,26,27)(H2,23,24,25,30). The molecule has 0 aromatic heterocycles. The Morgan fingerprint density at radius 1 is 1.03 bits per heavy atom. The number of carbonyl (C=O) groups is 2. The first-order valence-electron chi connectivity index (χ1n) is 8.64. The summed E-state index contributed by atoms with van der Waals surface area (Å²) in [6.07, 6.45) is 0. The molecule has 0 heterocycles. The number of carbonyl (C=O) groups excluding carboxylic acids is 1. The van der Waals surface area contributed by atoms with Gasteiger partial charge in [0.15, 0.2) is 10.9 Å². The number of hydrogen-bond donors (Lipinski definition) is 3. The third kappa shape index (κ3) is 4.45. The van der Waals surface area contributed by atoms with Crippen molar-refractivity contribution >= 4 is 57.3 Å². The van der Waals surface area contributed by atoms with Gasteiger partial charge in [0.05, 0.1) is 36.1 Å². The second-order valence-corrected chi connectivity index (χ2v) is 6.97. The van der Waals surface area contributed by atoms with Crippen molar-refractivity contribution in [3.63, 3.8) is 0 Å². The van der Waals surface area contributed by atoms with Crippen LogP contribution >= 0.6 is 23.8 Å². The molecule has 7 nitrogen and oxygen atoms in total. The zero-order valence-corrected chi connectivity index (χ0v) is 17.6. The fourth-order valence-electron chi connectivity index (χ4n) is 2.91. The van der Waals surface area contributed by atoms with Crippen molar-refractivity contribution in [2.24, 2.45) is 0 Å². The lowest BCUT2D eigenvalue weighted by molar-refractivity contribution is 0.0696. The van der Waals surface area contributed by atoms with Gasteiger partial charge in [-0.15, -0.1) is 0 Å². The van der Waals surface area contributed by atoms with E-state index in [1.807, 2.05) is 24.3 Å². The van der Waals surface area contributed by atoms with Gasteiger partial charge >= 0.3 is 5.97 Å². The summed E-state index contributed by atoms with van der Waals surface area (Å²) < 4.78 is 10.5. The lowest BCUT2D eigenvalue weighted by atomic mass is 10.1. The van der Waals surface area contributed by atoms with Crippen LogP contribution in [-0.2, 0) is 0 Å². The van der Waals surface area contributed by atoms with E-state index < -0.39 is 11.9 Å². The molecule has 0 unspecified atom stereocenters. The summed E-state index contributed by atoms with van der Waals surface area (Å²) in [5, 5.41) is 16.4. The molecule has 0 saturated heterocycles. The number of rotatable bonds is 5. The van der Waals surface area contributed by atoms with Gasteiger partial charge in [0.1, 0.15) is 5.75 Å². The van der Waals surface area contributed by atoms with Gasteiger partial charge < -0.3 is 19.9 Å². The topological polar surface area (TPSA) is 96.9 Å². The van der Waals surface area contributed by atoms with Gasteiger partial charge in [-0.1, -0.05) is 35.9 Å². The van der Waals surface area contributed by atoms with E-state index in [4.69, 9.17) is 33.3 Å². The highest BCUT2D eigenvalue weighted by Crippen LogP contribution is 2.34. The second-order valence-electron chi connectivity index (χ2n) is 6.15. The highest BCUT2D eigenvalue weighted by atomic mass is 35.5. The molecule has 3 aromatic rings. The van der Waals surface area contributed by atoms with E-state index in [1.165, 1.54) is 26.4 Å². The number of methoxy groups -OCH3 is 2. The van der Waals surface area contributed by atoms with Crippen LogP contribution in [0.1, 0.15) is 20.7 Å². The van der Waals surface area contributed by atoms with Crippen LogP contribution in [-0.4, -0.2) is 36.3 Å². The largest absolute Gasteiger partial charge is 0.496 e. The van der Waals surface area contributed by atoms with Gasteiger partial charge in [-0.05, 0) is 47.3 Å². The molecular formula is C21H17ClN2O5S. The lowest BCUT2D eigenvalue weighted by Crippen LogP contribution is -2.34. The normalized spacial score (nSPS) is 10.4. The first kappa shape index (κ1) is 21.4. The summed E-state index contributed by atoms with van der Waals surface area (Å²) in [5.41, 5.74) is 0.441. The predicted octanol–water partition coefficient (Wildman–Crippen LogP) is 4.34. The number of benzene rings is 3. The summed E-state index contributed by atoms with van der Waals surface area (Å²) in [4.78, 5) is 24.1. The van der Waals surface area contributed by atoms with E-state index in [1.54, 1.807) is 12.1 Å². The number of hydrogen-bond acceptors (Lipinski definition) is 5. The number of carboxylic acid groups (broad SMARTS) is 1. The molecule has 0 radical (unpaired) electrons. The first-order valence-corrected chi connectivity index (χ1v) is 9.42. The lowest BCUT2D eigenvalue weighted by Gasteiger charge is -2.15. The smallest absolute Gasteiger partial charge is 0.335 e. The predicted molar refractivity (Wildman–Crippen MR) is 119 cm³/mol. The Labute approximate surface area is 182 Å². The average Bonchev–Trinajstić information content (AvgIpc) is 2.72. The molecule has 0 saturated carbocycles. The van der Waals surface area contributed by atoms with E-state index >= 15 is 0 Å². The third-order valence-corrected chi connectivity index (χ3v) is 4.77. The molecule has 0 aliphatic heterocycles. The van der Waals surface area contributed by atoms with Crippen molar-refractivity contribution < 1.29 is 24.2 Å². The minimum atomic E-state index is -1.17. The highest BCUT2D eigenvalue weighted by Gasteiger charge is 2.18. The molecule has 154 valence electrons. The SMILES string of the molecule is COc1cc2ccccc2cc1C(=O)NC(=S)Nc1cc(C(=O)O)cc(Cl)c1OC. The minimum absolute atomic E-state index is 0.0615. The average molecular weight is 445 g/mol. The molecule has 9 heteroatoms. The number of carboxylic acids is 1. The molecule has 3 aromatic carbocycles. The summed E-state index contributed by atoms with van der Waals surface area (Å²) >= 11 is 11.3. The summed E-state index contributed by atoms with van der Waals surface area (Å²) in [7, 11) is 2.86. The van der Waals surface area contributed by atoms with Crippen LogP contribution in [0.4, 0.5) is 5.69 Å². The Kier molecular flexibility index (Phi) is 6.39. The Hall–Kier alpha value is -3.36. The molecule has 3 N–H and O–H groups in total. The van der Waals surface area contributed by atoms with Crippen LogP contribution in [0.3, 0.4) is 0 Å². The van der Waals surface area contributed by atoms with Crippen molar-refractivity contribution in [3.8, 4) is 11.5 Å². The fourth-order valence-corrected chi connectivity index (χ4v) is 3.41. The molecule has 3 rings (SSSR count). The molecule has 1 amide bonds. The van der Waals surface area contributed by atoms with Crippen molar-refractivity contribution in [1.82, 2.24) is 5.32 Å². The summed E-state index contributed by atoms with van der Waals surface area (Å²) in [5.74, 6) is -1.07. The number of fused-ring (bicyclic) bond motifs is 1. The van der Waals surface area contributed by atoms with Crippen LogP contribution in [0.15, 0.2) is 48.5 Å². The van der Waals surface area contributed by atoms with Crippen LogP contribution in [0.2, 0.25) is 5.02 Å². The van der Waals surface area contributed by atoms with Crippen LogP contribution in [0, 0.1) is 0 Å². The maximum atomic E-state index is 12.8. The van der Waals surface area contributed by atoms with E-state index in [2.05, 4.69) is 10.6 Å². The monoisotopic (exact) mass is 444 g/mol. The summed E-state index contributed by atoms with van der Waals surface area (Å²) in [6, 6.07) is 13.6. The number of aromatic carboxylic acids is 1. The maximum Gasteiger partial charge on any atom is 0.335 e. The van der Waals surface area contributed by atoms with Gasteiger partial charge in [0.2, 0.25) is 0 Å². The Balaban J connectivity index is 1.86. The van der Waals surface area contributed by atoms with E-state index in [0.717, 1.165) is 10.8 Å². The Morgan fingerprint density at radius 2 is 1.70 bits per heavy atom. The van der Waals surface area contributed by atoms with Crippen molar-refractivity contribution in [1.29, 1.82) is 0 Å². The molecular weight excluding hydrogens is 428 g/mol.